The van der Waals surface area contributed by atoms with Crippen molar-refractivity contribution in [3.63, 3.8) is 0 Å². The number of halogens is 1. The summed E-state index contributed by atoms with van der Waals surface area (Å²) in [6.45, 7) is 1.20. The second-order valence-electron chi connectivity index (χ2n) is 4.73. The summed E-state index contributed by atoms with van der Waals surface area (Å²) in [6.07, 6.45) is 0.767. The van der Waals surface area contributed by atoms with Gasteiger partial charge < -0.3 is 9.72 Å². The van der Waals surface area contributed by atoms with Gasteiger partial charge in [-0.2, -0.15) is 0 Å². The third-order valence-corrected chi connectivity index (χ3v) is 3.96. The van der Waals surface area contributed by atoms with Crippen molar-refractivity contribution in [1.29, 1.82) is 0 Å². The van der Waals surface area contributed by atoms with Crippen LogP contribution in [0, 0.1) is 0 Å². The Kier molecular flexibility index (Phi) is 4.10. The van der Waals surface area contributed by atoms with E-state index in [1.807, 2.05) is 48.5 Å². The standard InChI is InChI=1S/C16H15BrN2O2/c17-12-6-1-4-9-15(12)21-11-5-10-19-14-8-3-2-7-13(14)18-16(19)20/h1-4,6-9H,5,10-11H2,(H,18,20). The van der Waals surface area contributed by atoms with E-state index in [9.17, 15) is 4.79 Å². The minimum atomic E-state index is -0.0721. The van der Waals surface area contributed by atoms with Crippen LogP contribution in [0.25, 0.3) is 11.0 Å². The molecule has 108 valence electrons. The molecule has 0 aliphatic carbocycles. The van der Waals surface area contributed by atoms with E-state index in [4.69, 9.17) is 4.74 Å². The van der Waals surface area contributed by atoms with Crippen molar-refractivity contribution in [1.82, 2.24) is 9.55 Å². The third-order valence-electron chi connectivity index (χ3n) is 3.30. The Labute approximate surface area is 130 Å². The van der Waals surface area contributed by atoms with Crippen LogP contribution in [0.15, 0.2) is 57.8 Å². The molecule has 4 nitrogen and oxygen atoms in total. The van der Waals surface area contributed by atoms with Crippen molar-refractivity contribution in [3.05, 3.63) is 63.5 Å². The van der Waals surface area contributed by atoms with E-state index in [-0.39, 0.29) is 5.69 Å². The molecule has 2 aromatic carbocycles. The highest BCUT2D eigenvalue weighted by Crippen LogP contribution is 2.23. The van der Waals surface area contributed by atoms with Crippen LogP contribution < -0.4 is 10.4 Å². The average molecular weight is 347 g/mol. The molecule has 0 unspecified atom stereocenters. The molecule has 0 fully saturated rings. The Morgan fingerprint density at radius 3 is 2.71 bits per heavy atom. The Hall–Kier alpha value is -2.01. The molecule has 3 rings (SSSR count). The molecule has 0 amide bonds. The number of para-hydroxylation sites is 3. The molecular weight excluding hydrogens is 332 g/mol. The Morgan fingerprint density at radius 2 is 1.86 bits per heavy atom. The molecule has 0 saturated carbocycles. The molecule has 3 aromatic rings. The van der Waals surface area contributed by atoms with Crippen LogP contribution in [0.5, 0.6) is 5.75 Å². The largest absolute Gasteiger partial charge is 0.492 e. The van der Waals surface area contributed by atoms with Gasteiger partial charge in [-0.15, -0.1) is 0 Å². The summed E-state index contributed by atoms with van der Waals surface area (Å²) >= 11 is 3.45. The van der Waals surface area contributed by atoms with Crippen LogP contribution in [0.3, 0.4) is 0 Å². The van der Waals surface area contributed by atoms with E-state index in [0.717, 1.165) is 27.7 Å². The van der Waals surface area contributed by atoms with E-state index >= 15 is 0 Å². The number of benzene rings is 2. The summed E-state index contributed by atoms with van der Waals surface area (Å²) in [7, 11) is 0. The Morgan fingerprint density at radius 1 is 1.10 bits per heavy atom. The maximum atomic E-state index is 11.9. The van der Waals surface area contributed by atoms with Crippen LogP contribution >= 0.6 is 15.9 Å². The molecule has 0 bridgehead atoms. The first kappa shape index (κ1) is 13.9. The summed E-state index contributed by atoms with van der Waals surface area (Å²) < 4.78 is 8.40. The fourth-order valence-electron chi connectivity index (χ4n) is 2.30. The minimum Gasteiger partial charge on any atom is -0.492 e. The first-order chi connectivity index (χ1) is 10.3. The number of imidazole rings is 1. The van der Waals surface area contributed by atoms with E-state index < -0.39 is 0 Å². The van der Waals surface area contributed by atoms with Gasteiger partial charge in [0, 0.05) is 6.54 Å². The number of nitrogens with zero attached hydrogens (tertiary/aromatic N) is 1. The van der Waals surface area contributed by atoms with Crippen molar-refractivity contribution in [2.45, 2.75) is 13.0 Å². The van der Waals surface area contributed by atoms with Crippen LogP contribution in [-0.2, 0) is 6.54 Å². The van der Waals surface area contributed by atoms with Gasteiger partial charge in [0.15, 0.2) is 0 Å². The molecule has 0 radical (unpaired) electrons. The lowest BCUT2D eigenvalue weighted by Crippen LogP contribution is -2.18. The van der Waals surface area contributed by atoms with Crippen LogP contribution in [0.2, 0.25) is 0 Å². The van der Waals surface area contributed by atoms with Crippen molar-refractivity contribution >= 4 is 27.0 Å². The smallest absolute Gasteiger partial charge is 0.326 e. The number of H-pyrrole nitrogens is 1. The third kappa shape index (κ3) is 3.03. The molecule has 5 heteroatoms. The monoisotopic (exact) mass is 346 g/mol. The summed E-state index contributed by atoms with van der Waals surface area (Å²) in [6, 6.07) is 15.4. The number of hydrogen-bond acceptors (Lipinski definition) is 2. The maximum Gasteiger partial charge on any atom is 0.326 e. The number of nitrogens with one attached hydrogen (secondary N) is 1. The van der Waals surface area contributed by atoms with Gasteiger partial charge in [0.2, 0.25) is 0 Å². The number of fused-ring (bicyclic) bond motifs is 1. The van der Waals surface area contributed by atoms with Crippen molar-refractivity contribution < 1.29 is 4.74 Å². The molecule has 1 heterocycles. The van der Waals surface area contributed by atoms with Crippen LogP contribution in [0.1, 0.15) is 6.42 Å². The molecule has 0 aliphatic heterocycles. The molecule has 0 atom stereocenters. The minimum absolute atomic E-state index is 0.0721. The van der Waals surface area contributed by atoms with Gasteiger partial charge in [0.05, 0.1) is 22.1 Å². The predicted molar refractivity (Wildman–Crippen MR) is 86.8 cm³/mol. The maximum absolute atomic E-state index is 11.9. The lowest BCUT2D eigenvalue weighted by atomic mass is 10.3. The normalized spacial score (nSPS) is 10.9. The van der Waals surface area contributed by atoms with Gasteiger partial charge in [-0.3, -0.25) is 4.57 Å². The highest BCUT2D eigenvalue weighted by molar-refractivity contribution is 9.10. The molecule has 1 aromatic heterocycles. The zero-order valence-corrected chi connectivity index (χ0v) is 13.0. The fraction of sp³-hybridized carbons (Fsp3) is 0.188. The Bertz CT molecular complexity index is 807. The molecule has 0 spiro atoms. The fourth-order valence-corrected chi connectivity index (χ4v) is 2.69. The summed E-state index contributed by atoms with van der Waals surface area (Å²) in [5.41, 5.74) is 1.73. The lowest BCUT2D eigenvalue weighted by Gasteiger charge is -2.08. The van der Waals surface area contributed by atoms with Crippen LogP contribution in [0.4, 0.5) is 0 Å². The topological polar surface area (TPSA) is 47.0 Å². The van der Waals surface area contributed by atoms with Gasteiger partial charge >= 0.3 is 5.69 Å². The lowest BCUT2D eigenvalue weighted by molar-refractivity contribution is 0.300. The molecule has 0 saturated heterocycles. The van der Waals surface area contributed by atoms with E-state index in [1.165, 1.54) is 0 Å². The predicted octanol–water partition coefficient (Wildman–Crippen LogP) is 3.56. The first-order valence-corrected chi connectivity index (χ1v) is 7.60. The molecule has 0 aliphatic rings. The quantitative estimate of drug-likeness (QED) is 0.718. The van der Waals surface area contributed by atoms with Gasteiger partial charge in [0.25, 0.3) is 0 Å². The van der Waals surface area contributed by atoms with E-state index in [1.54, 1.807) is 4.57 Å². The number of ether oxygens (including phenoxy) is 1. The second kappa shape index (κ2) is 6.18. The average Bonchev–Trinajstić information content (AvgIpc) is 2.81. The Balaban J connectivity index is 1.64. The van der Waals surface area contributed by atoms with Crippen molar-refractivity contribution in [3.8, 4) is 5.75 Å². The van der Waals surface area contributed by atoms with Gasteiger partial charge in [-0.1, -0.05) is 24.3 Å². The highest BCUT2D eigenvalue weighted by Gasteiger charge is 2.05. The van der Waals surface area contributed by atoms with Crippen molar-refractivity contribution in [2.75, 3.05) is 6.61 Å². The molecular formula is C16H15BrN2O2. The molecule has 1 N–H and O–H groups in total. The number of hydrogen-bond donors (Lipinski definition) is 1. The van der Waals surface area contributed by atoms with Crippen molar-refractivity contribution in [2.24, 2.45) is 0 Å². The number of aryl methyl sites for hydroxylation is 1. The SMILES string of the molecule is O=c1[nH]c2ccccc2n1CCCOc1ccccc1Br. The zero-order valence-electron chi connectivity index (χ0n) is 11.4. The van der Waals surface area contributed by atoms with Gasteiger partial charge in [-0.25, -0.2) is 4.79 Å². The number of rotatable bonds is 5. The zero-order chi connectivity index (χ0) is 14.7. The first-order valence-electron chi connectivity index (χ1n) is 6.80. The van der Waals surface area contributed by atoms with E-state index in [2.05, 4.69) is 20.9 Å². The summed E-state index contributed by atoms with van der Waals surface area (Å²) in [5, 5.41) is 0. The van der Waals surface area contributed by atoms with E-state index in [0.29, 0.717) is 13.2 Å². The number of aromatic amines is 1. The van der Waals surface area contributed by atoms with Gasteiger partial charge in [-0.05, 0) is 46.6 Å². The second-order valence-corrected chi connectivity index (χ2v) is 5.59. The number of aromatic nitrogens is 2. The summed E-state index contributed by atoms with van der Waals surface area (Å²) in [4.78, 5) is 14.8. The summed E-state index contributed by atoms with van der Waals surface area (Å²) in [5.74, 6) is 0.823. The van der Waals surface area contributed by atoms with Crippen LogP contribution in [-0.4, -0.2) is 16.2 Å². The highest BCUT2D eigenvalue weighted by atomic mass is 79.9. The molecule has 21 heavy (non-hydrogen) atoms. The van der Waals surface area contributed by atoms with Gasteiger partial charge in [0.1, 0.15) is 5.75 Å².